The first kappa shape index (κ1) is 10.9. The number of hydrogen-bond acceptors (Lipinski definition) is 4. The average molecular weight is 222 g/mol. The van der Waals surface area contributed by atoms with Crippen LogP contribution in [-0.2, 0) is 11.3 Å². The molecule has 1 unspecified atom stereocenters. The van der Waals surface area contributed by atoms with Crippen LogP contribution in [0.1, 0.15) is 12.1 Å². The van der Waals surface area contributed by atoms with Crippen LogP contribution < -0.4 is 0 Å². The van der Waals surface area contributed by atoms with Gasteiger partial charge < -0.3 is 14.7 Å². The van der Waals surface area contributed by atoms with E-state index in [1.165, 1.54) is 0 Å². The Labute approximate surface area is 93.7 Å². The summed E-state index contributed by atoms with van der Waals surface area (Å²) in [5, 5.41) is 8.88. The lowest BCUT2D eigenvalue weighted by molar-refractivity contribution is -0.00322. The lowest BCUT2D eigenvalue weighted by Crippen LogP contribution is -2.42. The Hall–Kier alpha value is -1.62. The third-order valence-electron chi connectivity index (χ3n) is 2.53. The van der Waals surface area contributed by atoms with Crippen LogP contribution in [-0.4, -0.2) is 40.3 Å². The quantitative estimate of drug-likeness (QED) is 0.821. The molecule has 1 aromatic rings. The minimum atomic E-state index is -0.379. The topological polar surface area (TPSA) is 62.7 Å². The molecule has 1 fully saturated rings. The van der Waals surface area contributed by atoms with Crippen molar-refractivity contribution in [3.05, 3.63) is 30.1 Å². The molecule has 5 nitrogen and oxygen atoms in total. The minimum Gasteiger partial charge on any atom is -0.444 e. The predicted octanol–water partition coefficient (Wildman–Crippen LogP) is 0.785. The lowest BCUT2D eigenvalue weighted by Gasteiger charge is -2.30. The molecule has 1 N–H and O–H groups in total. The Morgan fingerprint density at radius 2 is 2.44 bits per heavy atom. The smallest absolute Gasteiger partial charge is 0.410 e. The number of aromatic nitrogens is 1. The first-order chi connectivity index (χ1) is 7.79. The standard InChI is InChI=1S/C11H14N2O3/c14-8-10-4-6-13(11(15)16-10)7-9-3-1-2-5-12-9/h1-3,5,10,14H,4,6-8H2. The summed E-state index contributed by atoms with van der Waals surface area (Å²) < 4.78 is 5.03. The van der Waals surface area contributed by atoms with Crippen molar-refractivity contribution in [2.24, 2.45) is 0 Å². The number of nitrogens with zero attached hydrogens (tertiary/aromatic N) is 2. The number of cyclic esters (lactones) is 1. The largest absolute Gasteiger partial charge is 0.444 e. The van der Waals surface area contributed by atoms with Crippen LogP contribution in [0.25, 0.3) is 0 Å². The summed E-state index contributed by atoms with van der Waals surface area (Å²) in [6, 6.07) is 5.58. The summed E-state index contributed by atoms with van der Waals surface area (Å²) in [5.74, 6) is 0. The second-order valence-electron chi connectivity index (χ2n) is 3.72. The van der Waals surface area contributed by atoms with Gasteiger partial charge in [-0.1, -0.05) is 6.07 Å². The number of aliphatic hydroxyl groups excluding tert-OH is 1. The van der Waals surface area contributed by atoms with Crippen LogP contribution >= 0.6 is 0 Å². The molecule has 86 valence electrons. The second-order valence-corrected chi connectivity index (χ2v) is 3.72. The number of rotatable bonds is 3. The van der Waals surface area contributed by atoms with Crippen molar-refractivity contribution in [1.29, 1.82) is 0 Å². The molecular formula is C11H14N2O3. The Morgan fingerprint density at radius 1 is 1.56 bits per heavy atom. The van der Waals surface area contributed by atoms with E-state index in [-0.39, 0.29) is 18.8 Å². The van der Waals surface area contributed by atoms with Gasteiger partial charge in [0.05, 0.1) is 18.8 Å². The van der Waals surface area contributed by atoms with Crippen LogP contribution in [0.5, 0.6) is 0 Å². The number of aliphatic hydroxyl groups is 1. The Morgan fingerprint density at radius 3 is 3.06 bits per heavy atom. The first-order valence-electron chi connectivity index (χ1n) is 5.26. The molecule has 1 amide bonds. The summed E-state index contributed by atoms with van der Waals surface area (Å²) in [4.78, 5) is 17.3. The molecule has 1 aliphatic heterocycles. The highest BCUT2D eigenvalue weighted by atomic mass is 16.6. The van der Waals surface area contributed by atoms with Gasteiger partial charge in [0.15, 0.2) is 0 Å². The van der Waals surface area contributed by atoms with Crippen LogP contribution in [0.3, 0.4) is 0 Å². The molecule has 0 spiro atoms. The monoisotopic (exact) mass is 222 g/mol. The number of pyridine rings is 1. The molecule has 0 saturated carbocycles. The van der Waals surface area contributed by atoms with E-state index in [0.717, 1.165) is 5.69 Å². The summed E-state index contributed by atoms with van der Waals surface area (Å²) >= 11 is 0. The fourth-order valence-corrected chi connectivity index (χ4v) is 1.63. The van der Waals surface area contributed by atoms with Crippen molar-refractivity contribution in [3.8, 4) is 0 Å². The molecule has 1 aliphatic rings. The molecule has 5 heteroatoms. The Kier molecular flexibility index (Phi) is 3.36. The predicted molar refractivity (Wildman–Crippen MR) is 56.6 cm³/mol. The van der Waals surface area contributed by atoms with Crippen molar-refractivity contribution in [3.63, 3.8) is 0 Å². The number of hydrogen-bond donors (Lipinski definition) is 1. The maximum Gasteiger partial charge on any atom is 0.410 e. The summed E-state index contributed by atoms with van der Waals surface area (Å²) in [6.07, 6.45) is 1.62. The third kappa shape index (κ3) is 2.49. The second kappa shape index (κ2) is 4.94. The molecule has 2 rings (SSSR count). The van der Waals surface area contributed by atoms with E-state index in [2.05, 4.69) is 4.98 Å². The van der Waals surface area contributed by atoms with Gasteiger partial charge in [-0.25, -0.2) is 4.79 Å². The fourth-order valence-electron chi connectivity index (χ4n) is 1.63. The number of ether oxygens (including phenoxy) is 1. The molecule has 16 heavy (non-hydrogen) atoms. The third-order valence-corrected chi connectivity index (χ3v) is 2.53. The van der Waals surface area contributed by atoms with E-state index >= 15 is 0 Å². The summed E-state index contributed by atoms with van der Waals surface area (Å²) in [6.45, 7) is 0.946. The van der Waals surface area contributed by atoms with Gasteiger partial charge in [-0.2, -0.15) is 0 Å². The highest BCUT2D eigenvalue weighted by Crippen LogP contribution is 2.13. The Bertz CT molecular complexity index is 356. The lowest BCUT2D eigenvalue weighted by atomic mass is 10.2. The zero-order valence-corrected chi connectivity index (χ0v) is 8.87. The van der Waals surface area contributed by atoms with Crippen molar-refractivity contribution >= 4 is 6.09 Å². The van der Waals surface area contributed by atoms with E-state index in [0.29, 0.717) is 19.5 Å². The molecule has 1 aromatic heterocycles. The maximum atomic E-state index is 11.5. The SMILES string of the molecule is O=C1OC(CO)CCN1Cc1ccccn1. The summed E-state index contributed by atoms with van der Waals surface area (Å²) in [7, 11) is 0. The zero-order valence-electron chi connectivity index (χ0n) is 8.87. The molecule has 2 heterocycles. The van der Waals surface area contributed by atoms with Gasteiger partial charge >= 0.3 is 6.09 Å². The van der Waals surface area contributed by atoms with E-state index in [1.807, 2.05) is 18.2 Å². The Balaban J connectivity index is 1.94. The van der Waals surface area contributed by atoms with Gasteiger partial charge in [0.25, 0.3) is 0 Å². The van der Waals surface area contributed by atoms with Crippen molar-refractivity contribution in [2.75, 3.05) is 13.2 Å². The van der Waals surface area contributed by atoms with Crippen molar-refractivity contribution < 1.29 is 14.6 Å². The van der Waals surface area contributed by atoms with Crippen LogP contribution in [0, 0.1) is 0 Å². The average Bonchev–Trinajstić information content (AvgIpc) is 2.33. The highest BCUT2D eigenvalue weighted by Gasteiger charge is 2.26. The van der Waals surface area contributed by atoms with Gasteiger partial charge in [0.1, 0.15) is 6.10 Å². The number of amides is 1. The minimum absolute atomic E-state index is 0.108. The van der Waals surface area contributed by atoms with E-state index in [4.69, 9.17) is 9.84 Å². The van der Waals surface area contributed by atoms with Crippen LogP contribution in [0.15, 0.2) is 24.4 Å². The molecule has 0 radical (unpaired) electrons. The summed E-state index contributed by atoms with van der Waals surface area (Å²) in [5.41, 5.74) is 0.835. The molecule has 0 bridgehead atoms. The molecular weight excluding hydrogens is 208 g/mol. The van der Waals surface area contributed by atoms with Crippen molar-refractivity contribution in [2.45, 2.75) is 19.1 Å². The molecule has 1 saturated heterocycles. The first-order valence-corrected chi connectivity index (χ1v) is 5.26. The fraction of sp³-hybridized carbons (Fsp3) is 0.455. The van der Waals surface area contributed by atoms with E-state index < -0.39 is 0 Å². The van der Waals surface area contributed by atoms with Gasteiger partial charge in [-0.3, -0.25) is 4.98 Å². The van der Waals surface area contributed by atoms with Crippen LogP contribution in [0.4, 0.5) is 4.79 Å². The van der Waals surface area contributed by atoms with Gasteiger partial charge in [-0.05, 0) is 12.1 Å². The van der Waals surface area contributed by atoms with Gasteiger partial charge in [0.2, 0.25) is 0 Å². The molecule has 0 aliphatic carbocycles. The normalized spacial score (nSPS) is 20.7. The number of carbonyl (C=O) groups is 1. The zero-order chi connectivity index (χ0) is 11.4. The van der Waals surface area contributed by atoms with Crippen molar-refractivity contribution in [1.82, 2.24) is 9.88 Å². The number of carbonyl (C=O) groups excluding carboxylic acids is 1. The van der Waals surface area contributed by atoms with E-state index in [1.54, 1.807) is 11.1 Å². The van der Waals surface area contributed by atoms with Crippen LogP contribution in [0.2, 0.25) is 0 Å². The molecule has 1 atom stereocenters. The van der Waals surface area contributed by atoms with E-state index in [9.17, 15) is 4.79 Å². The van der Waals surface area contributed by atoms with Gasteiger partial charge in [0, 0.05) is 19.2 Å². The maximum absolute atomic E-state index is 11.5. The van der Waals surface area contributed by atoms with Gasteiger partial charge in [-0.15, -0.1) is 0 Å². The molecule has 0 aromatic carbocycles. The highest BCUT2D eigenvalue weighted by molar-refractivity contribution is 5.68.